The summed E-state index contributed by atoms with van der Waals surface area (Å²) in [6.45, 7) is 2.33. The highest BCUT2D eigenvalue weighted by Crippen LogP contribution is 2.46. The van der Waals surface area contributed by atoms with Gasteiger partial charge in [-0.1, -0.05) is 79.9 Å². The zero-order valence-electron chi connectivity index (χ0n) is 23.8. The Hall–Kier alpha value is -2.50. The summed E-state index contributed by atoms with van der Waals surface area (Å²) in [4.78, 5) is 3.83. The summed E-state index contributed by atoms with van der Waals surface area (Å²) in [7, 11) is 0. The van der Waals surface area contributed by atoms with E-state index in [2.05, 4.69) is 117 Å². The maximum Gasteiger partial charge on any atom is 0.0445 e. The summed E-state index contributed by atoms with van der Waals surface area (Å²) < 4.78 is 0. The zero-order valence-corrected chi connectivity index (χ0v) is 27.4. The average Bonchev–Trinajstić information content (AvgIpc) is 3.02. The summed E-state index contributed by atoms with van der Waals surface area (Å²) in [6.07, 6.45) is 6.61. The van der Waals surface area contributed by atoms with Crippen molar-refractivity contribution >= 4 is 50.5 Å². The molecule has 0 amide bonds. The molecule has 6 rings (SSSR count). The van der Waals surface area contributed by atoms with Crippen LogP contribution >= 0.6 is 50.5 Å². The van der Waals surface area contributed by atoms with Crippen LogP contribution in [0.3, 0.4) is 0 Å². The molecule has 5 aromatic carbocycles. The largest absolute Gasteiger partial charge is 0.143 e. The van der Waals surface area contributed by atoms with Crippen molar-refractivity contribution in [1.82, 2.24) is 0 Å². The van der Waals surface area contributed by atoms with Gasteiger partial charge >= 0.3 is 0 Å². The molecule has 4 heteroatoms. The number of hydrogen-bond acceptors (Lipinski definition) is 4. The Morgan fingerprint density at radius 1 is 0.500 bits per heavy atom. The van der Waals surface area contributed by atoms with Crippen LogP contribution in [0.2, 0.25) is 0 Å². The molecule has 0 aromatic heterocycles. The third-order valence-electron chi connectivity index (χ3n) is 9.04. The third-order valence-corrected chi connectivity index (χ3v) is 10.4. The molecule has 0 saturated heterocycles. The molecule has 0 atom stereocenters. The third kappa shape index (κ3) is 5.97. The van der Waals surface area contributed by atoms with Crippen molar-refractivity contribution in [1.29, 1.82) is 0 Å². The molecule has 0 heterocycles. The lowest BCUT2D eigenvalue weighted by molar-refractivity contribution is 0.443. The smallest absolute Gasteiger partial charge is 0.0445 e. The van der Waals surface area contributed by atoms with Crippen LogP contribution in [0, 0.1) is 0 Å². The van der Waals surface area contributed by atoms with Crippen LogP contribution in [0.1, 0.15) is 67.2 Å². The second-order valence-electron chi connectivity index (χ2n) is 11.6. The molecule has 212 valence electrons. The first kappa shape index (κ1) is 29.6. The fourth-order valence-corrected chi connectivity index (χ4v) is 7.54. The SMILES string of the molecule is CC(c1ccc(C2CCCCC2)cc1)(c1cc(-c2ccc(S)cc2)ccc1S)c1cc(-c2ccc(S)cc2)ccc1S. The van der Waals surface area contributed by atoms with Crippen molar-refractivity contribution in [2.45, 2.75) is 69.9 Å². The first-order chi connectivity index (χ1) is 20.3. The number of thiol groups is 4. The molecule has 0 aliphatic heterocycles. The highest BCUT2D eigenvalue weighted by atomic mass is 32.1. The Labute approximate surface area is 272 Å². The standard InChI is InChI=1S/C38H36S4/c1-38(31-15-7-26(8-16-31)25-5-3-2-4-6-25,34-23-29(13-21-36(34)41)27-9-17-32(39)18-10-27)35-24-30(14-22-37(35)42)28-11-19-33(40)20-12-28/h7-25,39-42H,2-6H2,1H3. The van der Waals surface area contributed by atoms with Crippen molar-refractivity contribution in [2.75, 3.05) is 0 Å². The van der Waals surface area contributed by atoms with Crippen LogP contribution in [0.15, 0.2) is 129 Å². The van der Waals surface area contributed by atoms with Gasteiger partial charge in [-0.3, -0.25) is 0 Å². The summed E-state index contributed by atoms with van der Waals surface area (Å²) in [5.74, 6) is 0.663. The molecule has 1 fully saturated rings. The minimum absolute atomic E-state index is 0.502. The van der Waals surface area contributed by atoms with E-state index in [1.165, 1.54) is 43.2 Å². The second kappa shape index (κ2) is 12.6. The minimum Gasteiger partial charge on any atom is -0.143 e. The molecule has 0 bridgehead atoms. The lowest BCUT2D eigenvalue weighted by Gasteiger charge is -2.35. The van der Waals surface area contributed by atoms with E-state index in [0.29, 0.717) is 5.92 Å². The quantitative estimate of drug-likeness (QED) is 0.105. The molecule has 0 radical (unpaired) electrons. The number of benzene rings is 5. The van der Waals surface area contributed by atoms with E-state index in [-0.39, 0.29) is 0 Å². The van der Waals surface area contributed by atoms with Crippen LogP contribution in [0.5, 0.6) is 0 Å². The van der Waals surface area contributed by atoms with Crippen molar-refractivity contribution in [3.05, 3.63) is 131 Å². The lowest BCUT2D eigenvalue weighted by atomic mass is 9.69. The Kier molecular flexibility index (Phi) is 8.88. The monoisotopic (exact) mass is 620 g/mol. The van der Waals surface area contributed by atoms with Gasteiger partial charge in [0.05, 0.1) is 0 Å². The molecule has 42 heavy (non-hydrogen) atoms. The van der Waals surface area contributed by atoms with Crippen LogP contribution in [-0.2, 0) is 5.41 Å². The van der Waals surface area contributed by atoms with Gasteiger partial charge < -0.3 is 0 Å². The van der Waals surface area contributed by atoms with E-state index in [4.69, 9.17) is 25.3 Å². The Morgan fingerprint density at radius 2 is 0.929 bits per heavy atom. The highest BCUT2D eigenvalue weighted by Gasteiger charge is 2.35. The molecule has 5 aromatic rings. The maximum atomic E-state index is 5.07. The summed E-state index contributed by atoms with van der Waals surface area (Å²) in [5, 5.41) is 0. The van der Waals surface area contributed by atoms with Crippen LogP contribution < -0.4 is 0 Å². The summed E-state index contributed by atoms with van der Waals surface area (Å²) >= 11 is 19.1. The molecule has 1 aliphatic carbocycles. The van der Waals surface area contributed by atoms with Gasteiger partial charge in [0.25, 0.3) is 0 Å². The van der Waals surface area contributed by atoms with Gasteiger partial charge in [-0.2, -0.15) is 0 Å². The second-order valence-corrected chi connectivity index (χ2v) is 13.6. The van der Waals surface area contributed by atoms with Gasteiger partial charge in [-0.25, -0.2) is 0 Å². The molecule has 0 spiro atoms. The first-order valence-electron chi connectivity index (χ1n) is 14.7. The van der Waals surface area contributed by atoms with E-state index < -0.39 is 5.41 Å². The Balaban J connectivity index is 1.54. The van der Waals surface area contributed by atoms with E-state index in [9.17, 15) is 0 Å². The van der Waals surface area contributed by atoms with E-state index in [1.54, 1.807) is 0 Å². The molecular formula is C38H36S4. The highest BCUT2D eigenvalue weighted by molar-refractivity contribution is 7.80. The summed E-state index contributed by atoms with van der Waals surface area (Å²) in [5.41, 5.74) is 9.12. The van der Waals surface area contributed by atoms with Crippen molar-refractivity contribution in [3.63, 3.8) is 0 Å². The van der Waals surface area contributed by atoms with Gasteiger partial charge in [-0.05, 0) is 119 Å². The van der Waals surface area contributed by atoms with E-state index in [0.717, 1.165) is 53.0 Å². The number of hydrogen-bond donors (Lipinski definition) is 4. The summed E-state index contributed by atoms with van der Waals surface area (Å²) in [6, 6.07) is 39.3. The van der Waals surface area contributed by atoms with Crippen LogP contribution in [0.4, 0.5) is 0 Å². The average molecular weight is 621 g/mol. The van der Waals surface area contributed by atoms with E-state index >= 15 is 0 Å². The van der Waals surface area contributed by atoms with Crippen molar-refractivity contribution in [3.8, 4) is 22.3 Å². The molecule has 0 nitrogen and oxygen atoms in total. The molecule has 0 N–H and O–H groups in total. The minimum atomic E-state index is -0.502. The van der Waals surface area contributed by atoms with Crippen LogP contribution in [-0.4, -0.2) is 0 Å². The lowest BCUT2D eigenvalue weighted by Crippen LogP contribution is -2.27. The fourth-order valence-electron chi connectivity index (χ4n) is 6.52. The molecular weight excluding hydrogens is 585 g/mol. The van der Waals surface area contributed by atoms with Gasteiger partial charge in [0, 0.05) is 25.0 Å². The van der Waals surface area contributed by atoms with E-state index in [1.807, 2.05) is 24.3 Å². The topological polar surface area (TPSA) is 0 Å². The van der Waals surface area contributed by atoms with Crippen molar-refractivity contribution in [2.24, 2.45) is 0 Å². The van der Waals surface area contributed by atoms with Gasteiger partial charge in [0.1, 0.15) is 0 Å². The van der Waals surface area contributed by atoms with Crippen LogP contribution in [0.25, 0.3) is 22.3 Å². The Morgan fingerprint density at radius 3 is 1.38 bits per heavy atom. The van der Waals surface area contributed by atoms with Gasteiger partial charge in [-0.15, -0.1) is 50.5 Å². The normalized spacial score (nSPS) is 14.2. The number of rotatable bonds is 6. The molecule has 0 unspecified atom stereocenters. The van der Waals surface area contributed by atoms with Gasteiger partial charge in [0.2, 0.25) is 0 Å². The first-order valence-corrected chi connectivity index (χ1v) is 16.5. The zero-order chi connectivity index (χ0) is 29.3. The Bertz CT molecular complexity index is 1580. The predicted octanol–water partition coefficient (Wildman–Crippen LogP) is 11.6. The molecule has 1 aliphatic rings. The predicted molar refractivity (Wildman–Crippen MR) is 191 cm³/mol. The molecule has 1 saturated carbocycles. The fraction of sp³-hybridized carbons (Fsp3) is 0.211. The van der Waals surface area contributed by atoms with Gasteiger partial charge in [0.15, 0.2) is 0 Å². The maximum absolute atomic E-state index is 5.07. The van der Waals surface area contributed by atoms with Crippen molar-refractivity contribution < 1.29 is 0 Å².